The second-order valence-electron chi connectivity index (χ2n) is 8.78. The first-order valence-corrected chi connectivity index (χ1v) is 9.81. The summed E-state index contributed by atoms with van der Waals surface area (Å²) in [5, 5.41) is 13.7. The minimum Gasteiger partial charge on any atom is -0.496 e. The third-order valence-corrected chi connectivity index (χ3v) is 5.86. The number of aromatic carboxylic acids is 1. The van der Waals surface area contributed by atoms with E-state index in [0.717, 1.165) is 22.4 Å². The molecule has 0 saturated heterocycles. The number of hydrogen-bond acceptors (Lipinski definition) is 4. The number of benzene rings is 1. The van der Waals surface area contributed by atoms with Crippen molar-refractivity contribution in [3.8, 4) is 28.3 Å². The van der Waals surface area contributed by atoms with E-state index in [9.17, 15) is 14.7 Å². The van der Waals surface area contributed by atoms with Crippen molar-refractivity contribution in [3.63, 3.8) is 0 Å². The Kier molecular flexibility index (Phi) is 4.56. The first kappa shape index (κ1) is 19.9. The lowest BCUT2D eigenvalue weighted by Gasteiger charge is -2.39. The van der Waals surface area contributed by atoms with Crippen molar-refractivity contribution in [2.24, 2.45) is 12.5 Å². The van der Waals surface area contributed by atoms with Crippen molar-refractivity contribution in [1.82, 2.24) is 14.3 Å². The molecular formula is C23H25N3O4. The predicted octanol–water partition coefficient (Wildman–Crippen LogP) is 3.77. The number of nitrogens with zero attached hydrogens (tertiary/aromatic N) is 3. The van der Waals surface area contributed by atoms with Crippen LogP contribution >= 0.6 is 0 Å². The molecule has 7 nitrogen and oxygen atoms in total. The molecule has 0 fully saturated rings. The number of methoxy groups -OCH3 is 1. The number of pyridine rings is 1. The van der Waals surface area contributed by atoms with Crippen LogP contribution in [0.2, 0.25) is 0 Å². The number of rotatable bonds is 3. The van der Waals surface area contributed by atoms with Crippen LogP contribution in [-0.4, -0.2) is 32.5 Å². The van der Waals surface area contributed by atoms with Crippen LogP contribution in [0.5, 0.6) is 5.75 Å². The highest BCUT2D eigenvalue weighted by atomic mass is 16.5. The Hall–Kier alpha value is -3.35. The van der Waals surface area contributed by atoms with Crippen LogP contribution in [0.4, 0.5) is 0 Å². The number of ether oxygens (including phenoxy) is 1. The lowest BCUT2D eigenvalue weighted by molar-refractivity contribution is 0.0693. The molecule has 1 aliphatic rings. The molecule has 0 amide bonds. The first-order valence-electron chi connectivity index (χ1n) is 9.81. The summed E-state index contributed by atoms with van der Waals surface area (Å²) in [7, 11) is 3.50. The molecule has 0 radical (unpaired) electrons. The maximum absolute atomic E-state index is 12.5. The molecule has 1 aliphatic heterocycles. The third-order valence-electron chi connectivity index (χ3n) is 5.86. The maximum Gasteiger partial charge on any atom is 0.341 e. The summed E-state index contributed by atoms with van der Waals surface area (Å²) >= 11 is 0. The summed E-state index contributed by atoms with van der Waals surface area (Å²) in [5.74, 6) is -0.536. The number of aryl methyl sites for hydroxylation is 1. The minimum atomic E-state index is -1.21. The molecule has 1 N–H and O–H groups in total. The number of carbonyl (C=O) groups is 1. The van der Waals surface area contributed by atoms with E-state index in [0.29, 0.717) is 17.9 Å². The molecule has 4 rings (SSSR count). The molecule has 7 heteroatoms. The normalized spacial score (nSPS) is 15.4. The van der Waals surface area contributed by atoms with E-state index in [1.165, 1.54) is 12.3 Å². The molecule has 1 aromatic carbocycles. The van der Waals surface area contributed by atoms with Crippen LogP contribution in [0.3, 0.4) is 0 Å². The van der Waals surface area contributed by atoms with Crippen LogP contribution in [0.25, 0.3) is 22.5 Å². The molecule has 30 heavy (non-hydrogen) atoms. The van der Waals surface area contributed by atoms with Gasteiger partial charge < -0.3 is 14.4 Å². The topological polar surface area (TPSA) is 86.3 Å². The summed E-state index contributed by atoms with van der Waals surface area (Å²) in [6.07, 6.45) is 3.94. The van der Waals surface area contributed by atoms with Gasteiger partial charge in [0.05, 0.1) is 18.5 Å². The van der Waals surface area contributed by atoms with Crippen molar-refractivity contribution in [1.29, 1.82) is 0 Å². The van der Waals surface area contributed by atoms with Crippen LogP contribution in [0.15, 0.2) is 41.5 Å². The van der Waals surface area contributed by atoms with Crippen LogP contribution in [0, 0.1) is 5.41 Å². The predicted molar refractivity (Wildman–Crippen MR) is 114 cm³/mol. The summed E-state index contributed by atoms with van der Waals surface area (Å²) in [5.41, 5.74) is 3.69. The Balaban J connectivity index is 2.02. The van der Waals surface area contributed by atoms with E-state index in [1.807, 2.05) is 23.7 Å². The van der Waals surface area contributed by atoms with Gasteiger partial charge >= 0.3 is 5.97 Å². The number of hydrogen-bond donors (Lipinski definition) is 1. The minimum absolute atomic E-state index is 0.00789. The van der Waals surface area contributed by atoms with Gasteiger partial charge in [0.15, 0.2) is 5.43 Å². The van der Waals surface area contributed by atoms with Gasteiger partial charge in [-0.15, -0.1) is 0 Å². The molecule has 3 aromatic rings. The van der Waals surface area contributed by atoms with Gasteiger partial charge in [-0.2, -0.15) is 5.10 Å². The van der Waals surface area contributed by atoms with Crippen molar-refractivity contribution >= 4 is 5.97 Å². The van der Waals surface area contributed by atoms with Gasteiger partial charge in [-0.05, 0) is 35.6 Å². The highest BCUT2D eigenvalue weighted by Crippen LogP contribution is 2.45. The highest BCUT2D eigenvalue weighted by Gasteiger charge is 2.34. The lowest BCUT2D eigenvalue weighted by atomic mass is 9.78. The fraction of sp³-hybridized carbons (Fsp3) is 0.348. The van der Waals surface area contributed by atoms with E-state index < -0.39 is 11.4 Å². The molecule has 0 bridgehead atoms. The second kappa shape index (κ2) is 6.86. The number of fused-ring (bicyclic) bond motifs is 3. The Labute approximate surface area is 174 Å². The highest BCUT2D eigenvalue weighted by molar-refractivity contribution is 5.88. The summed E-state index contributed by atoms with van der Waals surface area (Å²) < 4.78 is 9.41. The molecule has 1 unspecified atom stereocenters. The molecule has 3 heterocycles. The maximum atomic E-state index is 12.5. The molecule has 0 saturated carbocycles. The molecule has 0 aliphatic carbocycles. The zero-order chi connectivity index (χ0) is 21.8. The Bertz CT molecular complexity index is 1210. The monoisotopic (exact) mass is 407 g/mol. The van der Waals surface area contributed by atoms with Crippen molar-refractivity contribution < 1.29 is 14.6 Å². The number of carboxylic acids is 1. The van der Waals surface area contributed by atoms with Crippen molar-refractivity contribution in [2.45, 2.75) is 33.2 Å². The molecular weight excluding hydrogens is 382 g/mol. The SMILES string of the molecule is COc1cc2c(cc1-c1ccnn1C)CC(C(C)(C)C)n1cc(C(=O)O)c(=O)cc1-2. The quantitative estimate of drug-likeness (QED) is 0.714. The van der Waals surface area contributed by atoms with E-state index in [1.54, 1.807) is 18.0 Å². The Morgan fingerprint density at radius 3 is 2.50 bits per heavy atom. The fourth-order valence-electron chi connectivity index (χ4n) is 4.25. The average molecular weight is 407 g/mol. The smallest absolute Gasteiger partial charge is 0.341 e. The third kappa shape index (κ3) is 3.10. The Morgan fingerprint density at radius 2 is 1.93 bits per heavy atom. The van der Waals surface area contributed by atoms with Gasteiger partial charge in [-0.3, -0.25) is 9.48 Å². The zero-order valence-electron chi connectivity index (χ0n) is 17.8. The summed E-state index contributed by atoms with van der Waals surface area (Å²) in [6, 6.07) is 7.40. The standard InChI is InChI=1S/C23H25N3O4/c1-23(2,3)21-9-13-8-15(17-6-7-24-25(17)4)20(30-5)10-14(13)18-11-19(27)16(22(28)29)12-26(18)21/h6-8,10-12,21H,9H2,1-5H3,(H,28,29). The van der Waals surface area contributed by atoms with Gasteiger partial charge in [-0.25, -0.2) is 4.79 Å². The van der Waals surface area contributed by atoms with E-state index in [-0.39, 0.29) is 17.0 Å². The van der Waals surface area contributed by atoms with Crippen molar-refractivity contribution in [3.05, 3.63) is 58.0 Å². The van der Waals surface area contributed by atoms with Gasteiger partial charge in [-0.1, -0.05) is 20.8 Å². The molecule has 156 valence electrons. The van der Waals surface area contributed by atoms with Crippen LogP contribution < -0.4 is 10.2 Å². The first-order chi connectivity index (χ1) is 14.1. The summed E-state index contributed by atoms with van der Waals surface area (Å²) in [6.45, 7) is 6.36. The van der Waals surface area contributed by atoms with Crippen LogP contribution in [0.1, 0.15) is 42.7 Å². The average Bonchev–Trinajstić information content (AvgIpc) is 3.10. The molecule has 0 spiro atoms. The second-order valence-corrected chi connectivity index (χ2v) is 8.78. The molecule has 2 aromatic heterocycles. The largest absolute Gasteiger partial charge is 0.496 e. The number of carboxylic acid groups (broad SMARTS) is 1. The van der Waals surface area contributed by atoms with Gasteiger partial charge in [0.1, 0.15) is 11.3 Å². The van der Waals surface area contributed by atoms with E-state index >= 15 is 0 Å². The van der Waals surface area contributed by atoms with Gasteiger partial charge in [0, 0.05) is 42.7 Å². The summed E-state index contributed by atoms with van der Waals surface area (Å²) in [4.78, 5) is 24.1. The van der Waals surface area contributed by atoms with Gasteiger partial charge in [0.25, 0.3) is 0 Å². The zero-order valence-corrected chi connectivity index (χ0v) is 17.8. The fourth-order valence-corrected chi connectivity index (χ4v) is 4.25. The van der Waals surface area contributed by atoms with Crippen LogP contribution in [-0.2, 0) is 13.5 Å². The lowest BCUT2D eigenvalue weighted by Crippen LogP contribution is -2.32. The van der Waals surface area contributed by atoms with E-state index in [4.69, 9.17) is 4.74 Å². The van der Waals surface area contributed by atoms with Gasteiger partial charge in [0.2, 0.25) is 0 Å². The Morgan fingerprint density at radius 1 is 1.20 bits per heavy atom. The number of aromatic nitrogens is 3. The van der Waals surface area contributed by atoms with Crippen molar-refractivity contribution in [2.75, 3.05) is 7.11 Å². The molecule has 1 atom stereocenters. The van der Waals surface area contributed by atoms with E-state index in [2.05, 4.69) is 31.9 Å².